The molecule has 1 aromatic carbocycles. The maximum atomic E-state index is 12.2. The molecule has 0 radical (unpaired) electrons. The molecule has 4 nitrogen and oxygen atoms in total. The predicted molar refractivity (Wildman–Crippen MR) is 91.1 cm³/mol. The van der Waals surface area contributed by atoms with Crippen LogP contribution in [-0.4, -0.2) is 29.8 Å². The standard InChI is InChI=1S/C19H24N2O2/c22-18(21-12-4-5-13-21)14-15-8-10-17(11-9-15)20-19(23)16-6-2-1-3-7-16/h1-2,8-11,16H,3-7,12-14H2,(H,20,23). The van der Waals surface area contributed by atoms with Crippen molar-refractivity contribution in [3.05, 3.63) is 42.0 Å². The third-order valence-electron chi connectivity index (χ3n) is 4.68. The predicted octanol–water partition coefficient (Wildman–Crippen LogP) is 3.15. The molecule has 3 rings (SSSR count). The van der Waals surface area contributed by atoms with Crippen LogP contribution in [0.5, 0.6) is 0 Å². The Morgan fingerprint density at radius 1 is 1.09 bits per heavy atom. The van der Waals surface area contributed by atoms with Gasteiger partial charge in [0.15, 0.2) is 0 Å². The SMILES string of the molecule is O=C(Nc1ccc(CC(=O)N2CCCC2)cc1)C1CC=CCC1. The van der Waals surface area contributed by atoms with Crippen LogP contribution in [0.15, 0.2) is 36.4 Å². The van der Waals surface area contributed by atoms with Crippen molar-refractivity contribution in [1.82, 2.24) is 4.90 Å². The molecule has 1 aliphatic heterocycles. The van der Waals surface area contributed by atoms with Gasteiger partial charge in [-0.15, -0.1) is 0 Å². The van der Waals surface area contributed by atoms with Crippen LogP contribution in [-0.2, 0) is 16.0 Å². The number of benzene rings is 1. The van der Waals surface area contributed by atoms with Gasteiger partial charge in [-0.2, -0.15) is 0 Å². The fraction of sp³-hybridized carbons (Fsp3) is 0.474. The summed E-state index contributed by atoms with van der Waals surface area (Å²) in [6, 6.07) is 7.65. The van der Waals surface area contributed by atoms with Crippen LogP contribution in [0.4, 0.5) is 5.69 Å². The zero-order valence-corrected chi connectivity index (χ0v) is 13.5. The second kappa shape index (κ2) is 7.44. The van der Waals surface area contributed by atoms with E-state index in [1.165, 1.54) is 0 Å². The molecule has 0 saturated carbocycles. The van der Waals surface area contributed by atoms with Crippen LogP contribution in [0.2, 0.25) is 0 Å². The molecule has 1 N–H and O–H groups in total. The van der Waals surface area contributed by atoms with E-state index >= 15 is 0 Å². The minimum atomic E-state index is 0.0800. The van der Waals surface area contributed by atoms with Crippen LogP contribution in [0.3, 0.4) is 0 Å². The fourth-order valence-electron chi connectivity index (χ4n) is 3.23. The van der Waals surface area contributed by atoms with Crippen molar-refractivity contribution in [2.45, 2.75) is 38.5 Å². The van der Waals surface area contributed by atoms with Gasteiger partial charge in [-0.05, 0) is 49.8 Å². The van der Waals surface area contributed by atoms with E-state index in [9.17, 15) is 9.59 Å². The maximum Gasteiger partial charge on any atom is 0.227 e. The summed E-state index contributed by atoms with van der Waals surface area (Å²) in [5.74, 6) is 0.375. The Bertz CT molecular complexity index is 586. The number of rotatable bonds is 4. The molecule has 1 atom stereocenters. The first-order chi connectivity index (χ1) is 11.2. The highest BCUT2D eigenvalue weighted by molar-refractivity contribution is 5.92. The topological polar surface area (TPSA) is 49.4 Å². The molecule has 0 spiro atoms. The van der Waals surface area contributed by atoms with Gasteiger partial charge in [0.05, 0.1) is 6.42 Å². The molecule has 1 aliphatic carbocycles. The summed E-state index contributed by atoms with van der Waals surface area (Å²) in [7, 11) is 0. The summed E-state index contributed by atoms with van der Waals surface area (Å²) in [5.41, 5.74) is 1.81. The van der Waals surface area contributed by atoms with Crippen LogP contribution in [0.25, 0.3) is 0 Å². The lowest BCUT2D eigenvalue weighted by atomic mass is 9.93. The lowest BCUT2D eigenvalue weighted by Gasteiger charge is -2.17. The number of carbonyl (C=O) groups is 2. The van der Waals surface area contributed by atoms with Crippen LogP contribution < -0.4 is 5.32 Å². The highest BCUT2D eigenvalue weighted by atomic mass is 16.2. The Labute approximate surface area is 137 Å². The summed E-state index contributed by atoms with van der Waals surface area (Å²) < 4.78 is 0. The summed E-state index contributed by atoms with van der Waals surface area (Å²) in [6.07, 6.45) is 9.63. The zero-order valence-electron chi connectivity index (χ0n) is 13.5. The molecule has 1 saturated heterocycles. The van der Waals surface area contributed by atoms with Gasteiger partial charge >= 0.3 is 0 Å². The molecule has 1 heterocycles. The first kappa shape index (κ1) is 15.8. The van der Waals surface area contributed by atoms with Crippen molar-refractivity contribution >= 4 is 17.5 Å². The van der Waals surface area contributed by atoms with Crippen molar-refractivity contribution in [3.8, 4) is 0 Å². The smallest absolute Gasteiger partial charge is 0.227 e. The van der Waals surface area contributed by atoms with Gasteiger partial charge in [0.1, 0.15) is 0 Å². The third kappa shape index (κ3) is 4.21. The second-order valence-electron chi connectivity index (χ2n) is 6.43. The number of amides is 2. The van der Waals surface area contributed by atoms with Gasteiger partial charge in [0.2, 0.25) is 11.8 Å². The molecule has 1 aromatic rings. The van der Waals surface area contributed by atoms with E-state index in [2.05, 4.69) is 17.5 Å². The minimum Gasteiger partial charge on any atom is -0.342 e. The van der Waals surface area contributed by atoms with Gasteiger partial charge in [0, 0.05) is 24.7 Å². The molecule has 0 bridgehead atoms. The summed E-state index contributed by atoms with van der Waals surface area (Å²) >= 11 is 0. The van der Waals surface area contributed by atoms with Gasteiger partial charge < -0.3 is 10.2 Å². The Kier molecular flexibility index (Phi) is 5.11. The van der Waals surface area contributed by atoms with E-state index in [1.807, 2.05) is 29.2 Å². The van der Waals surface area contributed by atoms with E-state index in [4.69, 9.17) is 0 Å². The molecular formula is C19H24N2O2. The maximum absolute atomic E-state index is 12.2. The lowest BCUT2D eigenvalue weighted by Crippen LogP contribution is -2.29. The molecule has 1 unspecified atom stereocenters. The van der Waals surface area contributed by atoms with Crippen molar-refractivity contribution in [2.75, 3.05) is 18.4 Å². The van der Waals surface area contributed by atoms with Gasteiger partial charge in [-0.1, -0.05) is 24.3 Å². The van der Waals surface area contributed by atoms with Crippen molar-refractivity contribution in [2.24, 2.45) is 5.92 Å². The van der Waals surface area contributed by atoms with E-state index in [1.54, 1.807) is 0 Å². The van der Waals surface area contributed by atoms with Crippen molar-refractivity contribution < 1.29 is 9.59 Å². The molecule has 0 aromatic heterocycles. The normalized spacial score (nSPS) is 20.5. The van der Waals surface area contributed by atoms with E-state index in [-0.39, 0.29) is 17.7 Å². The zero-order chi connectivity index (χ0) is 16.1. The highest BCUT2D eigenvalue weighted by Gasteiger charge is 2.19. The number of hydrogen-bond donors (Lipinski definition) is 1. The number of nitrogens with zero attached hydrogens (tertiary/aromatic N) is 1. The van der Waals surface area contributed by atoms with Gasteiger partial charge in [-0.25, -0.2) is 0 Å². The number of carbonyl (C=O) groups excluding carboxylic acids is 2. The number of nitrogens with one attached hydrogen (secondary N) is 1. The highest BCUT2D eigenvalue weighted by Crippen LogP contribution is 2.20. The van der Waals surface area contributed by atoms with E-state index in [0.717, 1.165) is 56.4 Å². The third-order valence-corrected chi connectivity index (χ3v) is 4.68. The molecule has 122 valence electrons. The molecule has 2 amide bonds. The Morgan fingerprint density at radius 3 is 2.48 bits per heavy atom. The Hall–Kier alpha value is -2.10. The molecular weight excluding hydrogens is 288 g/mol. The molecule has 1 fully saturated rings. The van der Waals surface area contributed by atoms with Crippen LogP contribution in [0.1, 0.15) is 37.7 Å². The number of allylic oxidation sites excluding steroid dienone is 2. The van der Waals surface area contributed by atoms with E-state index < -0.39 is 0 Å². The van der Waals surface area contributed by atoms with Gasteiger partial charge in [-0.3, -0.25) is 9.59 Å². The lowest BCUT2D eigenvalue weighted by molar-refractivity contribution is -0.129. The summed E-state index contributed by atoms with van der Waals surface area (Å²) in [4.78, 5) is 26.3. The average Bonchev–Trinajstić information content (AvgIpc) is 3.12. The van der Waals surface area contributed by atoms with Crippen molar-refractivity contribution in [3.63, 3.8) is 0 Å². The average molecular weight is 312 g/mol. The number of anilines is 1. The quantitative estimate of drug-likeness (QED) is 0.868. The largest absolute Gasteiger partial charge is 0.342 e. The number of likely N-dealkylation sites (tertiary alicyclic amines) is 1. The first-order valence-electron chi connectivity index (χ1n) is 8.55. The van der Waals surface area contributed by atoms with Crippen LogP contribution in [0, 0.1) is 5.92 Å². The van der Waals surface area contributed by atoms with Crippen LogP contribution >= 0.6 is 0 Å². The monoisotopic (exact) mass is 312 g/mol. The van der Waals surface area contributed by atoms with Crippen molar-refractivity contribution in [1.29, 1.82) is 0 Å². The molecule has 23 heavy (non-hydrogen) atoms. The molecule has 4 heteroatoms. The van der Waals surface area contributed by atoms with Gasteiger partial charge in [0.25, 0.3) is 0 Å². The Morgan fingerprint density at radius 2 is 1.83 bits per heavy atom. The fourth-order valence-corrected chi connectivity index (χ4v) is 3.23. The first-order valence-corrected chi connectivity index (χ1v) is 8.55. The summed E-state index contributed by atoms with van der Waals surface area (Å²) in [5, 5.41) is 2.98. The number of hydrogen-bond acceptors (Lipinski definition) is 2. The molecule has 2 aliphatic rings. The minimum absolute atomic E-state index is 0.0800. The summed E-state index contributed by atoms with van der Waals surface area (Å²) in [6.45, 7) is 1.78. The van der Waals surface area contributed by atoms with E-state index in [0.29, 0.717) is 6.42 Å². The second-order valence-corrected chi connectivity index (χ2v) is 6.43. The Balaban J connectivity index is 1.53.